The summed E-state index contributed by atoms with van der Waals surface area (Å²) < 4.78 is 13.8. The minimum absolute atomic E-state index is 0.175. The lowest BCUT2D eigenvalue weighted by atomic mass is 9.90. The van der Waals surface area contributed by atoms with Crippen LogP contribution in [0.4, 0.5) is 10.1 Å². The van der Waals surface area contributed by atoms with Gasteiger partial charge in [0.2, 0.25) is 5.91 Å². The summed E-state index contributed by atoms with van der Waals surface area (Å²) in [7, 11) is 0. The van der Waals surface area contributed by atoms with Crippen LogP contribution in [0, 0.1) is 11.2 Å². The summed E-state index contributed by atoms with van der Waals surface area (Å²) in [6, 6.07) is 5.98. The maximum Gasteiger partial charge on any atom is 0.240 e. The van der Waals surface area contributed by atoms with Crippen molar-refractivity contribution < 1.29 is 14.4 Å². The number of carbonyl (C=O) groups is 1. The van der Waals surface area contributed by atoms with Gasteiger partial charge in [-0.3, -0.25) is 4.79 Å². The van der Waals surface area contributed by atoms with E-state index in [0.29, 0.717) is 0 Å². The number of hydrogen-bond donors (Lipinski definition) is 2. The molecule has 0 saturated heterocycles. The molecule has 0 unspecified atom stereocenters. The van der Waals surface area contributed by atoms with Crippen molar-refractivity contribution in [2.45, 2.75) is 20.8 Å². The van der Waals surface area contributed by atoms with E-state index < -0.39 is 17.1 Å². The van der Waals surface area contributed by atoms with E-state index >= 15 is 0 Å². The monoisotopic (exact) mass is 267 g/mol. The van der Waals surface area contributed by atoms with Crippen LogP contribution in [-0.4, -0.2) is 23.5 Å². The van der Waals surface area contributed by atoms with Crippen LogP contribution in [0.25, 0.3) is 0 Å². The Balaban J connectivity index is 3.19. The van der Waals surface area contributed by atoms with Gasteiger partial charge in [-0.05, 0) is 32.9 Å². The van der Waals surface area contributed by atoms with Crippen molar-refractivity contribution >= 4 is 17.4 Å². The summed E-state index contributed by atoms with van der Waals surface area (Å²) in [6.07, 6.45) is 0. The van der Waals surface area contributed by atoms with Crippen LogP contribution in [0.15, 0.2) is 29.4 Å². The first kappa shape index (κ1) is 14.9. The second kappa shape index (κ2) is 5.69. The van der Waals surface area contributed by atoms with E-state index in [1.165, 1.54) is 30.9 Å². The first-order chi connectivity index (χ1) is 8.86. The third-order valence-electron chi connectivity index (χ3n) is 2.99. The van der Waals surface area contributed by atoms with Crippen molar-refractivity contribution in [3.8, 4) is 0 Å². The summed E-state index contributed by atoms with van der Waals surface area (Å²) in [6.45, 7) is 5.05. The van der Waals surface area contributed by atoms with Gasteiger partial charge in [-0.25, -0.2) is 4.39 Å². The van der Waals surface area contributed by atoms with E-state index in [1.807, 2.05) is 0 Å². The van der Waals surface area contributed by atoms with E-state index in [9.17, 15) is 9.18 Å². The molecule has 6 heteroatoms. The fraction of sp³-hybridized carbons (Fsp3) is 0.385. The summed E-state index contributed by atoms with van der Waals surface area (Å²) in [5.74, 6) is -1.14. The molecule has 1 aromatic rings. The van der Waals surface area contributed by atoms with E-state index in [1.54, 1.807) is 19.1 Å². The minimum atomic E-state index is -1.22. The molecule has 1 amide bonds. The lowest BCUT2D eigenvalue weighted by Crippen LogP contribution is -2.48. The highest BCUT2D eigenvalue weighted by molar-refractivity contribution is 6.12. The molecule has 19 heavy (non-hydrogen) atoms. The Labute approximate surface area is 111 Å². The summed E-state index contributed by atoms with van der Waals surface area (Å²) in [5.41, 5.74) is 4.48. The van der Waals surface area contributed by atoms with Crippen LogP contribution in [0.3, 0.4) is 0 Å². The number of benzene rings is 1. The third-order valence-corrected chi connectivity index (χ3v) is 2.99. The molecular weight excluding hydrogens is 249 g/mol. The number of anilines is 1. The quantitative estimate of drug-likeness (QED) is 0.379. The van der Waals surface area contributed by atoms with Gasteiger partial charge in [-0.2, -0.15) is 0 Å². The summed E-state index contributed by atoms with van der Waals surface area (Å²) >= 11 is 0. The molecule has 0 bridgehead atoms. The van der Waals surface area contributed by atoms with Crippen LogP contribution in [0.5, 0.6) is 0 Å². The summed E-state index contributed by atoms with van der Waals surface area (Å²) in [4.78, 5) is 13.7. The SMILES string of the molecule is CCN(C(=O)C(C)(C)C(N)=NO)c1ccccc1F. The number of nitrogens with two attached hydrogens (primary N) is 1. The van der Waals surface area contributed by atoms with E-state index in [4.69, 9.17) is 10.9 Å². The first-order valence-electron chi connectivity index (χ1n) is 5.90. The average Bonchev–Trinajstić information content (AvgIpc) is 2.40. The zero-order valence-corrected chi connectivity index (χ0v) is 11.2. The van der Waals surface area contributed by atoms with Crippen molar-refractivity contribution in [2.24, 2.45) is 16.3 Å². The largest absolute Gasteiger partial charge is 0.409 e. The molecule has 0 aliphatic carbocycles. The number of amidine groups is 1. The molecule has 0 saturated carbocycles. The number of nitrogens with zero attached hydrogens (tertiary/aromatic N) is 2. The predicted octanol–water partition coefficient (Wildman–Crippen LogP) is 1.95. The van der Waals surface area contributed by atoms with Gasteiger partial charge in [0.05, 0.1) is 5.69 Å². The minimum Gasteiger partial charge on any atom is -0.409 e. The molecular formula is C13H18FN3O2. The molecule has 0 aromatic heterocycles. The van der Waals surface area contributed by atoms with Crippen molar-refractivity contribution in [3.05, 3.63) is 30.1 Å². The van der Waals surface area contributed by atoms with Gasteiger partial charge >= 0.3 is 0 Å². The zero-order valence-electron chi connectivity index (χ0n) is 11.2. The molecule has 0 fully saturated rings. The number of hydrogen-bond acceptors (Lipinski definition) is 3. The Morgan fingerprint density at radius 1 is 1.47 bits per heavy atom. The third kappa shape index (κ3) is 2.83. The van der Waals surface area contributed by atoms with Gasteiger partial charge in [-0.1, -0.05) is 17.3 Å². The molecule has 0 atom stereocenters. The number of rotatable bonds is 4. The average molecular weight is 267 g/mol. The molecule has 3 N–H and O–H groups in total. The van der Waals surface area contributed by atoms with Crippen molar-refractivity contribution in [2.75, 3.05) is 11.4 Å². The number of para-hydroxylation sites is 1. The Morgan fingerprint density at radius 3 is 2.53 bits per heavy atom. The second-order valence-corrected chi connectivity index (χ2v) is 4.61. The highest BCUT2D eigenvalue weighted by Crippen LogP contribution is 2.26. The van der Waals surface area contributed by atoms with E-state index in [2.05, 4.69) is 5.16 Å². The van der Waals surface area contributed by atoms with Crippen LogP contribution in [0.1, 0.15) is 20.8 Å². The van der Waals surface area contributed by atoms with Gasteiger partial charge in [0.15, 0.2) is 5.84 Å². The van der Waals surface area contributed by atoms with E-state index in [0.717, 1.165) is 0 Å². The van der Waals surface area contributed by atoms with Crippen molar-refractivity contribution in [3.63, 3.8) is 0 Å². The fourth-order valence-electron chi connectivity index (χ4n) is 1.67. The Bertz CT molecular complexity index is 500. The molecule has 0 spiro atoms. The predicted molar refractivity (Wildman–Crippen MR) is 71.6 cm³/mol. The van der Waals surface area contributed by atoms with Crippen LogP contribution >= 0.6 is 0 Å². The van der Waals surface area contributed by atoms with Crippen LogP contribution in [-0.2, 0) is 4.79 Å². The smallest absolute Gasteiger partial charge is 0.240 e. The maximum atomic E-state index is 13.8. The number of halogens is 1. The van der Waals surface area contributed by atoms with Gasteiger partial charge in [0, 0.05) is 6.54 Å². The van der Waals surface area contributed by atoms with Gasteiger partial charge in [-0.15, -0.1) is 0 Å². The van der Waals surface area contributed by atoms with Gasteiger partial charge < -0.3 is 15.8 Å². The van der Waals surface area contributed by atoms with Crippen molar-refractivity contribution in [1.29, 1.82) is 0 Å². The number of oxime groups is 1. The van der Waals surface area contributed by atoms with Crippen molar-refractivity contribution in [1.82, 2.24) is 0 Å². The summed E-state index contributed by atoms with van der Waals surface area (Å²) in [5, 5.41) is 11.6. The van der Waals surface area contributed by atoms with Crippen LogP contribution in [0.2, 0.25) is 0 Å². The molecule has 104 valence electrons. The molecule has 1 aromatic carbocycles. The molecule has 0 radical (unpaired) electrons. The Kier molecular flexibility index (Phi) is 4.47. The molecule has 5 nitrogen and oxygen atoms in total. The normalized spacial score (nSPS) is 12.3. The Hall–Kier alpha value is -2.11. The van der Waals surface area contributed by atoms with Crippen LogP contribution < -0.4 is 10.6 Å². The zero-order chi connectivity index (χ0) is 14.6. The fourth-order valence-corrected chi connectivity index (χ4v) is 1.67. The van der Waals surface area contributed by atoms with E-state index in [-0.39, 0.29) is 18.1 Å². The maximum absolute atomic E-state index is 13.8. The topological polar surface area (TPSA) is 78.9 Å². The Morgan fingerprint density at radius 2 is 2.05 bits per heavy atom. The second-order valence-electron chi connectivity index (χ2n) is 4.61. The van der Waals surface area contributed by atoms with Gasteiger partial charge in [0.25, 0.3) is 0 Å². The standard InChI is InChI=1S/C13H18FN3O2/c1-4-17(10-8-6-5-7-9(10)14)12(18)13(2,3)11(15)16-19/h5-8,19H,4H2,1-3H3,(H2,15,16). The molecule has 1 rings (SSSR count). The number of amides is 1. The lowest BCUT2D eigenvalue weighted by Gasteiger charge is -2.30. The van der Waals surface area contributed by atoms with Gasteiger partial charge in [0.1, 0.15) is 11.2 Å². The lowest BCUT2D eigenvalue weighted by molar-refractivity contribution is -0.123. The molecule has 0 aliphatic rings. The first-order valence-corrected chi connectivity index (χ1v) is 5.90. The molecule has 0 aliphatic heterocycles. The number of carbonyl (C=O) groups excluding carboxylic acids is 1. The molecule has 0 heterocycles. The highest BCUT2D eigenvalue weighted by Gasteiger charge is 2.37. The highest BCUT2D eigenvalue weighted by atomic mass is 19.1.